The van der Waals surface area contributed by atoms with E-state index in [1.165, 1.54) is 0 Å². The maximum Gasteiger partial charge on any atom is 0.254 e. The highest BCUT2D eigenvalue weighted by Gasteiger charge is 2.25. The summed E-state index contributed by atoms with van der Waals surface area (Å²) in [6.07, 6.45) is 0. The molecule has 178 valence electrons. The van der Waals surface area contributed by atoms with Crippen LogP contribution >= 0.6 is 46.4 Å². The Morgan fingerprint density at radius 3 is 2.37 bits per heavy atom. The van der Waals surface area contributed by atoms with Gasteiger partial charge in [0.1, 0.15) is 0 Å². The first-order chi connectivity index (χ1) is 16.8. The van der Waals surface area contributed by atoms with Crippen molar-refractivity contribution in [2.45, 2.75) is 6.92 Å². The third-order valence-corrected chi connectivity index (χ3v) is 7.87. The van der Waals surface area contributed by atoms with Gasteiger partial charge in [0.15, 0.2) is 0 Å². The number of nitrogens with zero attached hydrogens (tertiary/aromatic N) is 3. The summed E-state index contributed by atoms with van der Waals surface area (Å²) >= 11 is 25.1. The molecule has 1 aromatic heterocycles. The van der Waals surface area contributed by atoms with E-state index in [0.717, 1.165) is 29.7 Å². The average molecular weight is 545 g/mol. The fraction of sp³-hybridized carbons (Fsp3) is 0.185. The van der Waals surface area contributed by atoms with Crippen molar-refractivity contribution in [3.63, 3.8) is 0 Å². The molecule has 3 aromatic carbocycles. The molecule has 0 unspecified atom stereocenters. The van der Waals surface area contributed by atoms with Crippen LogP contribution in [-0.2, 0) is 0 Å². The molecule has 1 aliphatic heterocycles. The largest absolute Gasteiger partial charge is 0.368 e. The number of halogens is 4. The van der Waals surface area contributed by atoms with Gasteiger partial charge < -0.3 is 9.80 Å². The lowest BCUT2D eigenvalue weighted by Crippen LogP contribution is -2.49. The maximum atomic E-state index is 13.7. The minimum absolute atomic E-state index is 0.0384. The second kappa shape index (κ2) is 9.87. The SMILES string of the molecule is Cc1ccc(Cl)cc1N1CCN(C(=O)c2cc(-c3ccc(Cl)c(Cl)c3Cl)nc3ccccc23)CC1. The fourth-order valence-electron chi connectivity index (χ4n) is 4.46. The van der Waals surface area contributed by atoms with Crippen molar-refractivity contribution < 1.29 is 4.79 Å². The highest BCUT2D eigenvalue weighted by atomic mass is 35.5. The van der Waals surface area contributed by atoms with Gasteiger partial charge in [-0.3, -0.25) is 4.79 Å². The van der Waals surface area contributed by atoms with Crippen molar-refractivity contribution in [1.82, 2.24) is 9.88 Å². The van der Waals surface area contributed by atoms with Crippen LogP contribution in [0.15, 0.2) is 60.7 Å². The Balaban J connectivity index is 1.47. The number of para-hydroxylation sites is 1. The Labute approximate surface area is 224 Å². The van der Waals surface area contributed by atoms with E-state index in [-0.39, 0.29) is 10.9 Å². The lowest BCUT2D eigenvalue weighted by atomic mass is 10.0. The van der Waals surface area contributed by atoms with Gasteiger partial charge in [-0.25, -0.2) is 4.98 Å². The van der Waals surface area contributed by atoms with Crippen molar-refractivity contribution >= 4 is 68.9 Å². The van der Waals surface area contributed by atoms with Gasteiger partial charge in [0.05, 0.1) is 31.8 Å². The van der Waals surface area contributed by atoms with Crippen LogP contribution in [0.5, 0.6) is 0 Å². The van der Waals surface area contributed by atoms with Crippen LogP contribution in [0, 0.1) is 6.92 Å². The van der Waals surface area contributed by atoms with E-state index >= 15 is 0 Å². The van der Waals surface area contributed by atoms with Crippen molar-refractivity contribution in [1.29, 1.82) is 0 Å². The number of hydrogen-bond acceptors (Lipinski definition) is 3. The van der Waals surface area contributed by atoms with Crippen LogP contribution in [0.25, 0.3) is 22.2 Å². The van der Waals surface area contributed by atoms with E-state index in [9.17, 15) is 4.79 Å². The molecule has 1 aliphatic rings. The van der Waals surface area contributed by atoms with Gasteiger partial charge in [0, 0.05) is 47.8 Å². The van der Waals surface area contributed by atoms with Crippen LogP contribution in [0.3, 0.4) is 0 Å². The summed E-state index contributed by atoms with van der Waals surface area (Å²) in [5.41, 5.74) is 4.77. The standard InChI is InChI=1S/C27H21Cl4N3O/c1-16-6-7-17(28)14-24(16)33-10-12-34(13-11-33)27(35)20-15-23(32-22-5-3-2-4-18(20)22)19-8-9-21(29)26(31)25(19)30/h2-9,14-15H,10-13H2,1H3. The first-order valence-corrected chi connectivity index (χ1v) is 12.7. The van der Waals surface area contributed by atoms with E-state index in [1.54, 1.807) is 18.2 Å². The number of carbonyl (C=O) groups is 1. The number of aryl methyl sites for hydroxylation is 1. The molecule has 2 heterocycles. The molecule has 0 bridgehead atoms. The second-order valence-electron chi connectivity index (χ2n) is 8.51. The zero-order valence-electron chi connectivity index (χ0n) is 18.9. The zero-order chi connectivity index (χ0) is 24.7. The number of aromatic nitrogens is 1. The third kappa shape index (κ3) is 4.68. The predicted molar refractivity (Wildman–Crippen MR) is 147 cm³/mol. The molecular formula is C27H21Cl4N3O. The van der Waals surface area contributed by atoms with Crippen LogP contribution in [0.2, 0.25) is 20.1 Å². The summed E-state index contributed by atoms with van der Waals surface area (Å²) in [5.74, 6) is -0.0384. The lowest BCUT2D eigenvalue weighted by molar-refractivity contribution is 0.0748. The van der Waals surface area contributed by atoms with Gasteiger partial charge in [0.2, 0.25) is 0 Å². The highest BCUT2D eigenvalue weighted by molar-refractivity contribution is 6.49. The van der Waals surface area contributed by atoms with Crippen LogP contribution in [0.1, 0.15) is 15.9 Å². The number of fused-ring (bicyclic) bond motifs is 1. The minimum Gasteiger partial charge on any atom is -0.368 e. The average Bonchev–Trinajstić information content (AvgIpc) is 2.88. The maximum absolute atomic E-state index is 13.7. The zero-order valence-corrected chi connectivity index (χ0v) is 21.9. The molecule has 4 nitrogen and oxygen atoms in total. The number of benzene rings is 3. The van der Waals surface area contributed by atoms with Crippen LogP contribution < -0.4 is 4.90 Å². The lowest BCUT2D eigenvalue weighted by Gasteiger charge is -2.37. The number of rotatable bonds is 3. The molecular weight excluding hydrogens is 524 g/mol. The molecule has 0 atom stereocenters. The molecule has 8 heteroatoms. The van der Waals surface area contributed by atoms with Gasteiger partial charge >= 0.3 is 0 Å². The van der Waals surface area contributed by atoms with E-state index < -0.39 is 0 Å². The van der Waals surface area contributed by atoms with Crippen molar-refractivity contribution in [2.24, 2.45) is 0 Å². The van der Waals surface area contributed by atoms with Crippen molar-refractivity contribution in [3.05, 3.63) is 91.9 Å². The topological polar surface area (TPSA) is 36.4 Å². The highest BCUT2D eigenvalue weighted by Crippen LogP contribution is 2.38. The minimum atomic E-state index is -0.0384. The number of carbonyl (C=O) groups excluding carboxylic acids is 1. The molecule has 1 amide bonds. The number of pyridine rings is 1. The second-order valence-corrected chi connectivity index (χ2v) is 10.1. The summed E-state index contributed by atoms with van der Waals surface area (Å²) < 4.78 is 0. The van der Waals surface area contributed by atoms with Gasteiger partial charge in [-0.05, 0) is 48.9 Å². The first-order valence-electron chi connectivity index (χ1n) is 11.2. The van der Waals surface area contributed by atoms with E-state index in [0.29, 0.717) is 50.5 Å². The molecule has 4 aromatic rings. The Morgan fingerprint density at radius 2 is 1.60 bits per heavy atom. The van der Waals surface area contributed by atoms with Crippen LogP contribution in [-0.4, -0.2) is 42.0 Å². The van der Waals surface area contributed by atoms with E-state index in [4.69, 9.17) is 51.4 Å². The Kier molecular flexibility index (Phi) is 6.82. The van der Waals surface area contributed by atoms with Gasteiger partial charge in [0.25, 0.3) is 5.91 Å². The summed E-state index contributed by atoms with van der Waals surface area (Å²) in [7, 11) is 0. The first kappa shape index (κ1) is 24.2. The van der Waals surface area contributed by atoms with Crippen molar-refractivity contribution in [3.8, 4) is 11.3 Å². The van der Waals surface area contributed by atoms with Gasteiger partial charge in [-0.1, -0.05) is 70.7 Å². The molecule has 0 spiro atoms. The number of piperazine rings is 1. The summed E-state index contributed by atoms with van der Waals surface area (Å²) in [4.78, 5) is 22.7. The molecule has 0 aliphatic carbocycles. The molecule has 0 N–H and O–H groups in total. The molecule has 5 rings (SSSR count). The Bertz CT molecular complexity index is 1450. The third-order valence-electron chi connectivity index (χ3n) is 6.34. The fourth-order valence-corrected chi connectivity index (χ4v) is 5.26. The number of anilines is 1. The molecule has 0 saturated carbocycles. The smallest absolute Gasteiger partial charge is 0.254 e. The summed E-state index contributed by atoms with van der Waals surface area (Å²) in [6, 6.07) is 18.8. The normalized spacial score (nSPS) is 14.0. The van der Waals surface area contributed by atoms with E-state index in [1.807, 2.05) is 47.4 Å². The van der Waals surface area contributed by atoms with Gasteiger partial charge in [-0.15, -0.1) is 0 Å². The molecule has 0 radical (unpaired) electrons. The van der Waals surface area contributed by atoms with E-state index in [2.05, 4.69) is 11.8 Å². The Hall–Kier alpha value is -2.50. The quantitative estimate of drug-likeness (QED) is 0.247. The monoisotopic (exact) mass is 543 g/mol. The number of hydrogen-bond donors (Lipinski definition) is 0. The molecule has 1 fully saturated rings. The molecule has 1 saturated heterocycles. The summed E-state index contributed by atoms with van der Waals surface area (Å²) in [6.45, 7) is 4.72. The van der Waals surface area contributed by atoms with Crippen LogP contribution in [0.4, 0.5) is 5.69 Å². The Morgan fingerprint density at radius 1 is 0.857 bits per heavy atom. The molecule has 35 heavy (non-hydrogen) atoms. The van der Waals surface area contributed by atoms with Crippen molar-refractivity contribution in [2.75, 3.05) is 31.1 Å². The number of amides is 1. The summed E-state index contributed by atoms with van der Waals surface area (Å²) in [5, 5.41) is 2.45. The predicted octanol–water partition coefficient (Wildman–Crippen LogP) is 7.79. The van der Waals surface area contributed by atoms with Gasteiger partial charge in [-0.2, -0.15) is 0 Å².